The Labute approximate surface area is 195 Å². The summed E-state index contributed by atoms with van der Waals surface area (Å²) >= 11 is 0. The van der Waals surface area contributed by atoms with Crippen molar-refractivity contribution in [2.24, 2.45) is 0 Å². The zero-order valence-corrected chi connectivity index (χ0v) is 19.7. The van der Waals surface area contributed by atoms with Crippen molar-refractivity contribution >= 4 is 11.8 Å². The first kappa shape index (κ1) is 23.1. The van der Waals surface area contributed by atoms with E-state index in [-0.39, 0.29) is 24.1 Å². The predicted molar refractivity (Wildman–Crippen MR) is 127 cm³/mol. The Morgan fingerprint density at radius 2 is 1.67 bits per heavy atom. The number of esters is 1. The maximum Gasteiger partial charge on any atom is 0.312 e. The average Bonchev–Trinajstić information content (AvgIpc) is 3.15. The first-order chi connectivity index (χ1) is 16.0. The van der Waals surface area contributed by atoms with Gasteiger partial charge >= 0.3 is 5.97 Å². The fraction of sp³-hybridized carbons (Fsp3) is 0.429. The van der Waals surface area contributed by atoms with Crippen LogP contribution in [0.25, 0.3) is 0 Å². The van der Waals surface area contributed by atoms with Gasteiger partial charge in [0.25, 0.3) is 0 Å². The molecule has 0 unspecified atom stereocenters. The van der Waals surface area contributed by atoms with Crippen LogP contribution in [0.4, 0.5) is 0 Å². The zero-order chi connectivity index (χ0) is 23.4. The molecule has 5 heteroatoms. The van der Waals surface area contributed by atoms with Gasteiger partial charge < -0.3 is 14.2 Å². The van der Waals surface area contributed by atoms with E-state index in [0.717, 1.165) is 28.9 Å². The highest BCUT2D eigenvalue weighted by atomic mass is 16.5. The van der Waals surface area contributed by atoms with Gasteiger partial charge in [0.2, 0.25) is 5.78 Å². The summed E-state index contributed by atoms with van der Waals surface area (Å²) in [7, 11) is 0. The van der Waals surface area contributed by atoms with Gasteiger partial charge in [-0.3, -0.25) is 9.59 Å². The Morgan fingerprint density at radius 3 is 2.39 bits per heavy atom. The number of fused-ring (bicyclic) bond motifs is 3. The van der Waals surface area contributed by atoms with Crippen molar-refractivity contribution in [3.8, 4) is 17.2 Å². The van der Waals surface area contributed by atoms with Gasteiger partial charge in [-0.2, -0.15) is 0 Å². The van der Waals surface area contributed by atoms with Gasteiger partial charge in [0.15, 0.2) is 5.76 Å². The minimum absolute atomic E-state index is 0.123. The first-order valence-electron chi connectivity index (χ1n) is 12.0. The molecular formula is C28H32O5. The summed E-state index contributed by atoms with van der Waals surface area (Å²) in [5, 5.41) is 0. The summed E-state index contributed by atoms with van der Waals surface area (Å²) in [6, 6.07) is 11.3. The van der Waals surface area contributed by atoms with Crippen LogP contribution in [-0.4, -0.2) is 18.4 Å². The largest absolute Gasteiger partial charge is 0.494 e. The molecule has 5 nitrogen and oxygen atoms in total. The number of unbranched alkanes of at least 4 members (excludes halogenated alkanes) is 5. The number of carbonyl (C=O) groups is 2. The number of allylic oxidation sites excluding steroid dienone is 2. The molecule has 0 aliphatic carbocycles. The maximum absolute atomic E-state index is 12.8. The van der Waals surface area contributed by atoms with Crippen LogP contribution in [0.3, 0.4) is 0 Å². The van der Waals surface area contributed by atoms with Crippen molar-refractivity contribution in [3.05, 3.63) is 64.4 Å². The maximum atomic E-state index is 12.8. The average molecular weight is 449 g/mol. The summed E-state index contributed by atoms with van der Waals surface area (Å²) in [6.45, 7) is 6.64. The van der Waals surface area contributed by atoms with E-state index in [4.69, 9.17) is 14.2 Å². The second kappa shape index (κ2) is 10.2. The Kier molecular flexibility index (Phi) is 7.17. The van der Waals surface area contributed by atoms with Crippen LogP contribution in [0.2, 0.25) is 0 Å². The highest BCUT2D eigenvalue weighted by Crippen LogP contribution is 2.49. The van der Waals surface area contributed by atoms with Crippen molar-refractivity contribution in [2.75, 3.05) is 6.61 Å². The Balaban J connectivity index is 1.50. The molecule has 0 amide bonds. The van der Waals surface area contributed by atoms with E-state index in [1.54, 1.807) is 12.1 Å². The lowest BCUT2D eigenvalue weighted by molar-refractivity contribution is -0.135. The SMILES string of the molecule is CCCCCCCCOc1ccc([C@H]2CC(=O)Oc3ccc4c(c32)OC(=C(C)C)C4=O)cc1. The van der Waals surface area contributed by atoms with Crippen LogP contribution in [0.5, 0.6) is 17.2 Å². The molecule has 0 aromatic heterocycles. The molecule has 0 spiro atoms. The zero-order valence-electron chi connectivity index (χ0n) is 19.7. The predicted octanol–water partition coefficient (Wildman–Crippen LogP) is 6.74. The molecule has 2 heterocycles. The highest BCUT2D eigenvalue weighted by molar-refractivity contribution is 6.13. The normalized spacial score (nSPS) is 16.7. The van der Waals surface area contributed by atoms with E-state index in [1.807, 2.05) is 38.1 Å². The molecule has 4 rings (SSSR count). The molecule has 2 aromatic carbocycles. The van der Waals surface area contributed by atoms with Crippen LogP contribution in [0.15, 0.2) is 47.7 Å². The Morgan fingerprint density at radius 1 is 0.939 bits per heavy atom. The molecule has 2 aliphatic rings. The number of rotatable bonds is 9. The molecule has 0 fully saturated rings. The van der Waals surface area contributed by atoms with Gasteiger partial charge in [0.05, 0.1) is 18.6 Å². The Hall–Kier alpha value is -3.08. The Bertz CT molecular complexity index is 1060. The van der Waals surface area contributed by atoms with E-state index in [0.29, 0.717) is 29.4 Å². The summed E-state index contributed by atoms with van der Waals surface area (Å²) in [6.07, 6.45) is 7.56. The summed E-state index contributed by atoms with van der Waals surface area (Å²) in [4.78, 5) is 25.1. The van der Waals surface area contributed by atoms with E-state index in [9.17, 15) is 9.59 Å². The minimum atomic E-state index is -0.289. The van der Waals surface area contributed by atoms with Crippen LogP contribution >= 0.6 is 0 Å². The topological polar surface area (TPSA) is 61.8 Å². The number of benzene rings is 2. The van der Waals surface area contributed by atoms with Crippen molar-refractivity contribution in [3.63, 3.8) is 0 Å². The standard InChI is InChI=1S/C28H32O5/c1-4-5-6-7-8-9-16-31-20-12-10-19(11-13-20)22-17-24(29)32-23-15-14-21-26(30)27(18(2)3)33-28(21)25(22)23/h10-15,22H,4-9,16-17H2,1-3H3/t22-/m1/s1. The van der Waals surface area contributed by atoms with E-state index >= 15 is 0 Å². The summed E-state index contributed by atoms with van der Waals surface area (Å²) in [5.74, 6) is 1.49. The lowest BCUT2D eigenvalue weighted by Gasteiger charge is -2.26. The fourth-order valence-corrected chi connectivity index (χ4v) is 4.48. The minimum Gasteiger partial charge on any atom is -0.494 e. The molecule has 1 atom stereocenters. The summed E-state index contributed by atoms with van der Waals surface area (Å²) < 4.78 is 17.4. The molecule has 0 N–H and O–H groups in total. The van der Waals surface area contributed by atoms with Crippen molar-refractivity contribution < 1.29 is 23.8 Å². The number of Topliss-reactive ketones (excluding diaryl/α,β-unsaturated/α-hetero) is 1. The third-order valence-corrected chi connectivity index (χ3v) is 6.26. The third kappa shape index (κ3) is 4.97. The molecular weight excluding hydrogens is 416 g/mol. The molecule has 174 valence electrons. The van der Waals surface area contributed by atoms with Crippen LogP contribution in [0.1, 0.15) is 93.1 Å². The van der Waals surface area contributed by atoms with Gasteiger partial charge in [-0.05, 0) is 55.7 Å². The smallest absolute Gasteiger partial charge is 0.312 e. The molecule has 2 aliphatic heterocycles. The fourth-order valence-electron chi connectivity index (χ4n) is 4.48. The molecule has 0 saturated heterocycles. The molecule has 33 heavy (non-hydrogen) atoms. The van der Waals surface area contributed by atoms with Crippen molar-refractivity contribution in [1.82, 2.24) is 0 Å². The van der Waals surface area contributed by atoms with Gasteiger partial charge in [-0.15, -0.1) is 0 Å². The van der Waals surface area contributed by atoms with Gasteiger partial charge in [-0.25, -0.2) is 0 Å². The lowest BCUT2D eigenvalue weighted by Crippen LogP contribution is -2.21. The van der Waals surface area contributed by atoms with Gasteiger partial charge in [0, 0.05) is 11.5 Å². The van der Waals surface area contributed by atoms with Crippen molar-refractivity contribution in [1.29, 1.82) is 0 Å². The summed E-state index contributed by atoms with van der Waals surface area (Å²) in [5.41, 5.74) is 3.07. The second-order valence-corrected chi connectivity index (χ2v) is 9.03. The molecule has 2 aromatic rings. The van der Waals surface area contributed by atoms with Gasteiger partial charge in [0.1, 0.15) is 17.2 Å². The lowest BCUT2D eigenvalue weighted by atomic mass is 9.84. The number of ether oxygens (including phenoxy) is 3. The second-order valence-electron chi connectivity index (χ2n) is 9.03. The molecule has 0 radical (unpaired) electrons. The van der Waals surface area contributed by atoms with E-state index < -0.39 is 0 Å². The number of ketones is 1. The van der Waals surface area contributed by atoms with E-state index in [2.05, 4.69) is 6.92 Å². The molecule has 0 bridgehead atoms. The van der Waals surface area contributed by atoms with Crippen molar-refractivity contribution in [2.45, 2.75) is 71.6 Å². The van der Waals surface area contributed by atoms with Crippen LogP contribution < -0.4 is 14.2 Å². The monoisotopic (exact) mass is 448 g/mol. The number of hydrogen-bond acceptors (Lipinski definition) is 5. The van der Waals surface area contributed by atoms with Crippen LogP contribution in [-0.2, 0) is 4.79 Å². The third-order valence-electron chi connectivity index (χ3n) is 6.26. The van der Waals surface area contributed by atoms with E-state index in [1.165, 1.54) is 32.1 Å². The first-order valence-corrected chi connectivity index (χ1v) is 12.0. The number of carbonyl (C=O) groups excluding carboxylic acids is 2. The number of hydrogen-bond donors (Lipinski definition) is 0. The highest BCUT2D eigenvalue weighted by Gasteiger charge is 2.38. The molecule has 0 saturated carbocycles. The van der Waals surface area contributed by atoms with Crippen LogP contribution in [0, 0.1) is 0 Å². The quantitative estimate of drug-likeness (QED) is 0.184. The van der Waals surface area contributed by atoms with Gasteiger partial charge in [-0.1, -0.05) is 51.2 Å².